The van der Waals surface area contributed by atoms with Gasteiger partial charge in [-0.15, -0.1) is 0 Å². The second-order valence-electron chi connectivity index (χ2n) is 3.90. The maximum atomic E-state index is 11.5. The molecule has 1 unspecified atom stereocenters. The summed E-state index contributed by atoms with van der Waals surface area (Å²) in [5.74, 6) is 0.00636. The van der Waals surface area contributed by atoms with Crippen LogP contribution in [0.1, 0.15) is 25.7 Å². The van der Waals surface area contributed by atoms with E-state index in [0.717, 1.165) is 12.8 Å². The Bertz CT molecular complexity index is 324. The van der Waals surface area contributed by atoms with Gasteiger partial charge in [-0.05, 0) is 19.3 Å². The third-order valence-electron chi connectivity index (χ3n) is 2.56. The molecule has 1 saturated heterocycles. The monoisotopic (exact) mass is 218 g/mol. The highest BCUT2D eigenvalue weighted by atomic mass is 32.2. The van der Waals surface area contributed by atoms with Crippen molar-refractivity contribution in [3.05, 3.63) is 0 Å². The Hall–Kier alpha value is -0.620. The van der Waals surface area contributed by atoms with Gasteiger partial charge >= 0.3 is 0 Å². The maximum absolute atomic E-state index is 11.5. The first-order valence-electron chi connectivity index (χ1n) is 4.86. The highest BCUT2D eigenvalue weighted by Gasteiger charge is 2.37. The molecule has 1 atom stereocenters. The highest BCUT2D eigenvalue weighted by molar-refractivity contribution is 7.90. The van der Waals surface area contributed by atoms with Crippen LogP contribution in [0.2, 0.25) is 0 Å². The number of nitrogens with one attached hydrogen (secondary N) is 2. The van der Waals surface area contributed by atoms with E-state index in [4.69, 9.17) is 0 Å². The normalized spacial score (nSPS) is 28.6. The van der Waals surface area contributed by atoms with E-state index >= 15 is 0 Å². The number of hydrogen-bond acceptors (Lipinski definition) is 3. The molecular formula is C8H14N2O3S. The molecule has 5 nitrogen and oxygen atoms in total. The Morgan fingerprint density at radius 1 is 1.29 bits per heavy atom. The van der Waals surface area contributed by atoms with Crippen molar-refractivity contribution in [3.8, 4) is 0 Å². The van der Waals surface area contributed by atoms with Crippen molar-refractivity contribution in [1.29, 1.82) is 0 Å². The van der Waals surface area contributed by atoms with Gasteiger partial charge in [-0.2, -0.15) is 0 Å². The molecule has 2 aliphatic rings. The Balaban J connectivity index is 1.88. The van der Waals surface area contributed by atoms with Gasteiger partial charge in [-0.1, -0.05) is 0 Å². The molecule has 1 aliphatic carbocycles. The predicted molar refractivity (Wildman–Crippen MR) is 51.1 cm³/mol. The smallest absolute Gasteiger partial charge is 0.220 e. The second-order valence-corrected chi connectivity index (χ2v) is 5.89. The van der Waals surface area contributed by atoms with Gasteiger partial charge in [-0.25, -0.2) is 13.1 Å². The molecule has 0 spiro atoms. The fraction of sp³-hybridized carbons (Fsp3) is 0.875. The molecule has 2 N–H and O–H groups in total. The topological polar surface area (TPSA) is 75.3 Å². The third kappa shape index (κ3) is 2.24. The Morgan fingerprint density at radius 2 is 2.00 bits per heavy atom. The van der Waals surface area contributed by atoms with Gasteiger partial charge in [0.05, 0.1) is 5.25 Å². The summed E-state index contributed by atoms with van der Waals surface area (Å²) in [6, 6.07) is -0.113. The summed E-state index contributed by atoms with van der Waals surface area (Å²) in [7, 11) is -3.11. The van der Waals surface area contributed by atoms with Gasteiger partial charge in [0.15, 0.2) is 0 Å². The van der Waals surface area contributed by atoms with E-state index in [9.17, 15) is 13.2 Å². The molecule has 6 heteroatoms. The summed E-state index contributed by atoms with van der Waals surface area (Å²) in [5.41, 5.74) is 0. The summed E-state index contributed by atoms with van der Waals surface area (Å²) in [6.45, 7) is 0.421. The van der Waals surface area contributed by atoms with Gasteiger partial charge in [0, 0.05) is 19.0 Å². The van der Waals surface area contributed by atoms with Crippen molar-refractivity contribution in [2.24, 2.45) is 0 Å². The van der Waals surface area contributed by atoms with Crippen LogP contribution in [0.15, 0.2) is 0 Å². The van der Waals surface area contributed by atoms with E-state index in [1.165, 1.54) is 0 Å². The zero-order valence-corrected chi connectivity index (χ0v) is 8.64. The summed E-state index contributed by atoms with van der Waals surface area (Å²) in [4.78, 5) is 10.8. The van der Waals surface area contributed by atoms with Crippen molar-refractivity contribution in [2.75, 3.05) is 6.54 Å². The Morgan fingerprint density at radius 3 is 2.50 bits per heavy atom. The average Bonchev–Trinajstić information content (AvgIpc) is 2.91. The number of hydrogen-bond donors (Lipinski definition) is 2. The molecule has 0 aromatic heterocycles. The molecule has 80 valence electrons. The van der Waals surface area contributed by atoms with Gasteiger partial charge in [0.25, 0.3) is 0 Å². The second kappa shape index (κ2) is 3.51. The number of sulfonamides is 1. The molecule has 0 aromatic rings. The van der Waals surface area contributed by atoms with E-state index in [1.807, 2.05) is 0 Å². The van der Waals surface area contributed by atoms with E-state index in [0.29, 0.717) is 19.4 Å². The predicted octanol–water partition coefficient (Wildman–Crippen LogP) is -0.653. The van der Waals surface area contributed by atoms with Crippen molar-refractivity contribution >= 4 is 15.9 Å². The molecule has 0 aromatic carbocycles. The molecule has 1 saturated carbocycles. The van der Waals surface area contributed by atoms with Gasteiger partial charge in [0.1, 0.15) is 0 Å². The van der Waals surface area contributed by atoms with Crippen LogP contribution in [0.5, 0.6) is 0 Å². The number of carbonyl (C=O) groups is 1. The van der Waals surface area contributed by atoms with Crippen LogP contribution in [-0.2, 0) is 14.8 Å². The molecule has 1 aliphatic heterocycles. The summed E-state index contributed by atoms with van der Waals surface area (Å²) in [5, 5.41) is 2.47. The van der Waals surface area contributed by atoms with E-state index < -0.39 is 10.0 Å². The molecule has 1 amide bonds. The molecule has 0 radical (unpaired) electrons. The lowest BCUT2D eigenvalue weighted by Gasteiger charge is -2.23. The van der Waals surface area contributed by atoms with Crippen molar-refractivity contribution in [2.45, 2.75) is 37.0 Å². The molecular weight excluding hydrogens is 204 g/mol. The average molecular weight is 218 g/mol. The summed E-state index contributed by atoms with van der Waals surface area (Å²) < 4.78 is 25.7. The van der Waals surface area contributed by atoms with Crippen LogP contribution in [0.25, 0.3) is 0 Å². The summed E-state index contributed by atoms with van der Waals surface area (Å²) in [6.07, 6.45) is 2.57. The van der Waals surface area contributed by atoms with Crippen LogP contribution in [0.3, 0.4) is 0 Å². The Labute approximate surface area is 83.3 Å². The quantitative estimate of drug-likeness (QED) is 0.661. The van der Waals surface area contributed by atoms with Crippen LogP contribution in [0, 0.1) is 0 Å². The number of amides is 1. The third-order valence-corrected chi connectivity index (χ3v) is 4.57. The number of piperidine rings is 1. The largest absolute Gasteiger partial charge is 0.355 e. The zero-order chi connectivity index (χ0) is 10.2. The lowest BCUT2D eigenvalue weighted by Crippen LogP contribution is -2.48. The molecule has 1 heterocycles. The van der Waals surface area contributed by atoms with Gasteiger partial charge in [0.2, 0.25) is 15.9 Å². The zero-order valence-electron chi connectivity index (χ0n) is 7.82. The van der Waals surface area contributed by atoms with Crippen molar-refractivity contribution in [1.82, 2.24) is 10.0 Å². The lowest BCUT2D eigenvalue weighted by atomic mass is 10.1. The van der Waals surface area contributed by atoms with Crippen LogP contribution in [-0.4, -0.2) is 32.2 Å². The molecule has 14 heavy (non-hydrogen) atoms. The first-order chi connectivity index (χ1) is 6.58. The minimum absolute atomic E-state index is 0.00636. The highest BCUT2D eigenvalue weighted by Crippen LogP contribution is 2.27. The van der Waals surface area contributed by atoms with Gasteiger partial charge < -0.3 is 5.32 Å². The molecule has 2 fully saturated rings. The van der Waals surface area contributed by atoms with E-state index in [-0.39, 0.29) is 17.2 Å². The first kappa shape index (κ1) is 9.92. The minimum Gasteiger partial charge on any atom is -0.355 e. The first-order valence-corrected chi connectivity index (χ1v) is 6.40. The van der Waals surface area contributed by atoms with Crippen LogP contribution >= 0.6 is 0 Å². The SMILES string of the molecule is O=C1CCC(NS(=O)(=O)C2CC2)CN1. The minimum atomic E-state index is -3.11. The summed E-state index contributed by atoms with van der Waals surface area (Å²) >= 11 is 0. The number of rotatable bonds is 3. The van der Waals surface area contributed by atoms with E-state index in [1.54, 1.807) is 0 Å². The van der Waals surface area contributed by atoms with Crippen LogP contribution < -0.4 is 10.0 Å². The van der Waals surface area contributed by atoms with Crippen molar-refractivity contribution < 1.29 is 13.2 Å². The van der Waals surface area contributed by atoms with Crippen molar-refractivity contribution in [3.63, 3.8) is 0 Å². The fourth-order valence-corrected chi connectivity index (χ4v) is 3.16. The van der Waals surface area contributed by atoms with Crippen LogP contribution in [0.4, 0.5) is 0 Å². The van der Waals surface area contributed by atoms with E-state index in [2.05, 4.69) is 10.0 Å². The molecule has 2 rings (SSSR count). The maximum Gasteiger partial charge on any atom is 0.220 e. The Kier molecular flexibility index (Phi) is 2.48. The molecule has 0 bridgehead atoms. The van der Waals surface area contributed by atoms with Gasteiger partial charge in [-0.3, -0.25) is 4.79 Å². The fourth-order valence-electron chi connectivity index (χ4n) is 1.54. The number of carbonyl (C=O) groups excluding carboxylic acids is 1. The standard InChI is InChI=1S/C8H14N2O3S/c11-8-4-1-6(5-9-8)10-14(12,13)7-2-3-7/h6-7,10H,1-5H2,(H,9,11). The lowest BCUT2D eigenvalue weighted by molar-refractivity contribution is -0.122.